The van der Waals surface area contributed by atoms with Gasteiger partial charge in [-0.2, -0.15) is 11.8 Å². The van der Waals surface area contributed by atoms with Gasteiger partial charge in [-0.3, -0.25) is 4.79 Å². The van der Waals surface area contributed by atoms with Gasteiger partial charge in [-0.1, -0.05) is 6.92 Å². The Bertz CT molecular complexity index is 275. The Morgan fingerprint density at radius 1 is 1.61 bits per heavy atom. The number of aliphatic carboxylic acids is 1. The first kappa shape index (κ1) is 15.8. The minimum Gasteiger partial charge on any atom is -0.480 e. The Kier molecular flexibility index (Phi) is 6.46. The highest BCUT2D eigenvalue weighted by Crippen LogP contribution is 2.27. The van der Waals surface area contributed by atoms with E-state index >= 15 is 0 Å². The molecule has 0 aromatic rings. The highest BCUT2D eigenvalue weighted by molar-refractivity contribution is 7.99. The van der Waals surface area contributed by atoms with Gasteiger partial charge in [-0.25, -0.2) is 0 Å². The fraction of sp³-hybridized carbons (Fsp3) is 0.923. The summed E-state index contributed by atoms with van der Waals surface area (Å²) in [5.74, 6) is 0.249. The summed E-state index contributed by atoms with van der Waals surface area (Å²) < 4.78 is 5.51. The summed E-state index contributed by atoms with van der Waals surface area (Å²) >= 11 is 1.92. The van der Waals surface area contributed by atoms with Crippen molar-refractivity contribution in [1.82, 2.24) is 5.32 Å². The van der Waals surface area contributed by atoms with Crippen molar-refractivity contribution in [2.75, 3.05) is 18.9 Å². The molecule has 0 aromatic carbocycles. The van der Waals surface area contributed by atoms with Crippen molar-refractivity contribution in [1.29, 1.82) is 0 Å². The first-order valence-corrected chi connectivity index (χ1v) is 7.76. The van der Waals surface area contributed by atoms with Gasteiger partial charge >= 0.3 is 5.97 Å². The fourth-order valence-corrected chi connectivity index (χ4v) is 3.48. The average molecular weight is 275 g/mol. The molecule has 0 amide bonds. The third-order valence-corrected chi connectivity index (χ3v) is 5.07. The molecule has 18 heavy (non-hydrogen) atoms. The van der Waals surface area contributed by atoms with Crippen molar-refractivity contribution in [3.05, 3.63) is 0 Å². The lowest BCUT2D eigenvalue weighted by Crippen LogP contribution is -2.49. The highest BCUT2D eigenvalue weighted by atomic mass is 32.2. The smallest absolute Gasteiger partial charge is 0.323 e. The van der Waals surface area contributed by atoms with Crippen molar-refractivity contribution < 1.29 is 14.6 Å². The molecule has 1 aliphatic heterocycles. The SMILES string of the molecule is CCNC(C)(CCCSC1CCOC1C)C(=O)O. The van der Waals surface area contributed by atoms with Gasteiger partial charge in [0, 0.05) is 11.9 Å². The number of carboxylic acid groups (broad SMARTS) is 1. The quantitative estimate of drug-likeness (QED) is 0.665. The maximum absolute atomic E-state index is 11.2. The Labute approximate surface area is 114 Å². The third kappa shape index (κ3) is 4.44. The van der Waals surface area contributed by atoms with E-state index in [1.807, 2.05) is 18.7 Å². The Hall–Kier alpha value is -0.260. The molecule has 0 radical (unpaired) electrons. The largest absolute Gasteiger partial charge is 0.480 e. The van der Waals surface area contributed by atoms with E-state index in [0.717, 1.165) is 25.2 Å². The molecule has 0 spiro atoms. The van der Waals surface area contributed by atoms with Crippen LogP contribution in [0.15, 0.2) is 0 Å². The molecule has 1 aliphatic rings. The van der Waals surface area contributed by atoms with Crippen molar-refractivity contribution >= 4 is 17.7 Å². The minimum atomic E-state index is -0.785. The molecule has 5 heteroatoms. The van der Waals surface area contributed by atoms with E-state index in [-0.39, 0.29) is 0 Å². The molecular weight excluding hydrogens is 250 g/mol. The van der Waals surface area contributed by atoms with Crippen molar-refractivity contribution in [3.63, 3.8) is 0 Å². The van der Waals surface area contributed by atoms with Crippen molar-refractivity contribution in [3.8, 4) is 0 Å². The summed E-state index contributed by atoms with van der Waals surface area (Å²) in [6.07, 6.45) is 3.05. The lowest BCUT2D eigenvalue weighted by molar-refractivity contribution is -0.144. The molecule has 1 fully saturated rings. The molecule has 0 saturated carbocycles. The second-order valence-corrected chi connectivity index (χ2v) is 6.39. The topological polar surface area (TPSA) is 58.6 Å². The lowest BCUT2D eigenvalue weighted by Gasteiger charge is -2.25. The monoisotopic (exact) mass is 275 g/mol. The van der Waals surface area contributed by atoms with E-state index in [2.05, 4.69) is 12.2 Å². The molecule has 2 N–H and O–H groups in total. The van der Waals surface area contributed by atoms with Crippen molar-refractivity contribution in [2.45, 2.75) is 56.9 Å². The number of carbonyl (C=O) groups is 1. The summed E-state index contributed by atoms with van der Waals surface area (Å²) in [7, 11) is 0. The second-order valence-electron chi connectivity index (χ2n) is 5.04. The van der Waals surface area contributed by atoms with E-state index in [1.165, 1.54) is 0 Å². The third-order valence-electron chi connectivity index (χ3n) is 3.50. The minimum absolute atomic E-state index is 0.342. The lowest BCUT2D eigenvalue weighted by atomic mass is 9.96. The maximum Gasteiger partial charge on any atom is 0.323 e. The van der Waals surface area contributed by atoms with Crippen LogP contribution in [0.5, 0.6) is 0 Å². The zero-order valence-corrected chi connectivity index (χ0v) is 12.4. The predicted octanol–water partition coefficient (Wildman–Crippen LogP) is 2.13. The van der Waals surface area contributed by atoms with E-state index in [9.17, 15) is 9.90 Å². The van der Waals surface area contributed by atoms with Crippen LogP contribution in [0.1, 0.15) is 40.0 Å². The number of hydrogen-bond acceptors (Lipinski definition) is 4. The molecule has 4 nitrogen and oxygen atoms in total. The van der Waals surface area contributed by atoms with Crippen LogP contribution in [0.2, 0.25) is 0 Å². The molecule has 0 bridgehead atoms. The van der Waals surface area contributed by atoms with Crippen LogP contribution in [0.3, 0.4) is 0 Å². The number of carboxylic acids is 1. The molecule has 0 aromatic heterocycles. The Balaban J connectivity index is 2.24. The first-order valence-electron chi connectivity index (χ1n) is 6.71. The van der Waals surface area contributed by atoms with Crippen LogP contribution in [-0.2, 0) is 9.53 Å². The van der Waals surface area contributed by atoms with Crippen LogP contribution in [0.25, 0.3) is 0 Å². The van der Waals surface area contributed by atoms with Gasteiger partial charge in [0.2, 0.25) is 0 Å². The number of hydrogen-bond donors (Lipinski definition) is 2. The van der Waals surface area contributed by atoms with Crippen LogP contribution in [-0.4, -0.2) is 46.9 Å². The zero-order valence-electron chi connectivity index (χ0n) is 11.6. The average Bonchev–Trinajstić information content (AvgIpc) is 2.71. The number of thioether (sulfide) groups is 1. The molecule has 3 atom stereocenters. The molecule has 0 aliphatic carbocycles. The summed E-state index contributed by atoms with van der Waals surface area (Å²) in [6.45, 7) is 7.37. The summed E-state index contributed by atoms with van der Waals surface area (Å²) in [6, 6.07) is 0. The van der Waals surface area contributed by atoms with Crippen LogP contribution >= 0.6 is 11.8 Å². The van der Waals surface area contributed by atoms with Gasteiger partial charge in [0.15, 0.2) is 0 Å². The second kappa shape index (κ2) is 7.36. The van der Waals surface area contributed by atoms with Gasteiger partial charge in [0.25, 0.3) is 0 Å². The number of ether oxygens (including phenoxy) is 1. The molecule has 1 saturated heterocycles. The normalized spacial score (nSPS) is 27.1. The van der Waals surface area contributed by atoms with E-state index in [4.69, 9.17) is 4.74 Å². The summed E-state index contributed by atoms with van der Waals surface area (Å²) in [5.41, 5.74) is -0.785. The van der Waals surface area contributed by atoms with E-state index < -0.39 is 11.5 Å². The molecular formula is C13H25NO3S. The first-order chi connectivity index (χ1) is 8.49. The van der Waals surface area contributed by atoms with Gasteiger partial charge in [0.05, 0.1) is 6.10 Å². The standard InChI is InChI=1S/C13H25NO3S/c1-4-14-13(3,12(15)16)7-5-9-18-11-6-8-17-10(11)2/h10-11,14H,4-9H2,1-3H3,(H,15,16). The van der Waals surface area contributed by atoms with Gasteiger partial charge < -0.3 is 15.2 Å². The molecule has 1 rings (SSSR count). The number of nitrogens with one attached hydrogen (secondary N) is 1. The van der Waals surface area contributed by atoms with Crippen LogP contribution in [0, 0.1) is 0 Å². The van der Waals surface area contributed by atoms with E-state index in [1.54, 1.807) is 6.92 Å². The maximum atomic E-state index is 11.2. The Morgan fingerprint density at radius 3 is 2.83 bits per heavy atom. The van der Waals surface area contributed by atoms with Crippen molar-refractivity contribution in [2.24, 2.45) is 0 Å². The Morgan fingerprint density at radius 2 is 2.33 bits per heavy atom. The van der Waals surface area contributed by atoms with Gasteiger partial charge in [-0.05, 0) is 45.4 Å². The van der Waals surface area contributed by atoms with Crippen LogP contribution in [0.4, 0.5) is 0 Å². The molecule has 106 valence electrons. The number of likely N-dealkylation sites (N-methyl/N-ethyl adjacent to an activating group) is 1. The summed E-state index contributed by atoms with van der Waals surface area (Å²) in [5, 5.41) is 12.9. The van der Waals surface area contributed by atoms with Crippen LogP contribution < -0.4 is 5.32 Å². The molecule has 1 heterocycles. The predicted molar refractivity (Wildman–Crippen MR) is 75.2 cm³/mol. The fourth-order valence-electron chi connectivity index (χ4n) is 2.25. The van der Waals surface area contributed by atoms with Gasteiger partial charge in [0.1, 0.15) is 5.54 Å². The van der Waals surface area contributed by atoms with E-state index in [0.29, 0.717) is 24.3 Å². The molecule has 3 unspecified atom stereocenters. The van der Waals surface area contributed by atoms with Gasteiger partial charge in [-0.15, -0.1) is 0 Å². The summed E-state index contributed by atoms with van der Waals surface area (Å²) in [4.78, 5) is 11.2. The number of rotatable bonds is 8. The highest BCUT2D eigenvalue weighted by Gasteiger charge is 2.31. The zero-order chi connectivity index (χ0) is 13.6.